The largest absolute Gasteiger partial charge is 0.480 e. The Morgan fingerprint density at radius 2 is 2.05 bits per heavy atom. The van der Waals surface area contributed by atoms with Gasteiger partial charge in [-0.25, -0.2) is 18.7 Å². The predicted octanol–water partition coefficient (Wildman–Crippen LogP) is 2.62. The van der Waals surface area contributed by atoms with Gasteiger partial charge in [0.05, 0.1) is 23.1 Å². The smallest absolute Gasteiger partial charge is 0.275 e. The van der Waals surface area contributed by atoms with E-state index in [1.807, 2.05) is 0 Å². The van der Waals surface area contributed by atoms with E-state index in [1.165, 1.54) is 25.6 Å². The van der Waals surface area contributed by atoms with Gasteiger partial charge in [-0.3, -0.25) is 4.79 Å². The van der Waals surface area contributed by atoms with Crippen molar-refractivity contribution in [3.05, 3.63) is 45.4 Å². The first-order chi connectivity index (χ1) is 9.51. The topological polar surface area (TPSA) is 64.1 Å². The molecule has 0 unspecified atom stereocenters. The summed E-state index contributed by atoms with van der Waals surface area (Å²) >= 11 is 1.64. The van der Waals surface area contributed by atoms with E-state index in [2.05, 4.69) is 15.3 Å². The summed E-state index contributed by atoms with van der Waals surface area (Å²) in [5, 5.41) is 2.41. The molecule has 0 fully saturated rings. The molecule has 2 rings (SSSR count). The SMILES string of the molecule is COc1cnc(C(=O)Nc2cc(F)c(F)c(I)c2)cn1. The highest BCUT2D eigenvalue weighted by molar-refractivity contribution is 14.1. The minimum atomic E-state index is -1.03. The molecule has 0 radical (unpaired) electrons. The highest BCUT2D eigenvalue weighted by atomic mass is 127. The van der Waals surface area contributed by atoms with E-state index in [1.54, 1.807) is 22.6 Å². The maximum absolute atomic E-state index is 13.2. The molecular weight excluding hydrogens is 383 g/mol. The second kappa shape index (κ2) is 6.07. The van der Waals surface area contributed by atoms with E-state index in [4.69, 9.17) is 4.74 Å². The van der Waals surface area contributed by atoms with Crippen LogP contribution in [0.25, 0.3) is 0 Å². The summed E-state index contributed by atoms with van der Waals surface area (Å²) in [7, 11) is 1.42. The van der Waals surface area contributed by atoms with E-state index < -0.39 is 17.5 Å². The van der Waals surface area contributed by atoms with Crippen molar-refractivity contribution in [3.8, 4) is 5.88 Å². The average Bonchev–Trinajstić information content (AvgIpc) is 2.44. The van der Waals surface area contributed by atoms with Crippen LogP contribution in [0, 0.1) is 15.2 Å². The van der Waals surface area contributed by atoms with Gasteiger partial charge in [0, 0.05) is 11.8 Å². The van der Waals surface area contributed by atoms with Gasteiger partial charge >= 0.3 is 0 Å². The molecule has 0 atom stereocenters. The van der Waals surface area contributed by atoms with Gasteiger partial charge in [-0.1, -0.05) is 0 Å². The number of aromatic nitrogens is 2. The number of carbonyl (C=O) groups excluding carboxylic acids is 1. The Hall–Kier alpha value is -1.84. The zero-order valence-corrected chi connectivity index (χ0v) is 12.3. The second-order valence-corrected chi connectivity index (χ2v) is 4.81. The van der Waals surface area contributed by atoms with Crippen molar-refractivity contribution < 1.29 is 18.3 Å². The fourth-order valence-corrected chi connectivity index (χ4v) is 1.95. The van der Waals surface area contributed by atoms with Crippen LogP contribution in [0.4, 0.5) is 14.5 Å². The molecule has 5 nitrogen and oxygen atoms in total. The number of nitrogens with zero attached hydrogens (tertiary/aromatic N) is 2. The maximum Gasteiger partial charge on any atom is 0.275 e. The van der Waals surface area contributed by atoms with E-state index >= 15 is 0 Å². The third-order valence-electron chi connectivity index (χ3n) is 2.31. The van der Waals surface area contributed by atoms with Gasteiger partial charge in [-0.2, -0.15) is 0 Å². The number of halogens is 3. The molecule has 0 saturated carbocycles. The Morgan fingerprint density at radius 1 is 1.30 bits per heavy atom. The summed E-state index contributed by atoms with van der Waals surface area (Å²) in [5.41, 5.74) is 0.168. The number of anilines is 1. The molecule has 0 bridgehead atoms. The van der Waals surface area contributed by atoms with Gasteiger partial charge in [0.1, 0.15) is 5.69 Å². The molecule has 0 saturated heterocycles. The summed E-state index contributed by atoms with van der Waals surface area (Å²) in [4.78, 5) is 19.5. The molecule has 2 aromatic rings. The molecule has 1 aromatic carbocycles. The molecule has 1 N–H and O–H groups in total. The van der Waals surface area contributed by atoms with Crippen LogP contribution in [0.5, 0.6) is 5.88 Å². The van der Waals surface area contributed by atoms with Crippen LogP contribution in [0.2, 0.25) is 0 Å². The van der Waals surface area contributed by atoms with Crippen molar-refractivity contribution in [3.63, 3.8) is 0 Å². The summed E-state index contributed by atoms with van der Waals surface area (Å²) in [6, 6.07) is 2.21. The number of rotatable bonds is 3. The Kier molecular flexibility index (Phi) is 4.42. The monoisotopic (exact) mass is 391 g/mol. The van der Waals surface area contributed by atoms with E-state index in [9.17, 15) is 13.6 Å². The van der Waals surface area contributed by atoms with Crippen molar-refractivity contribution in [2.75, 3.05) is 12.4 Å². The van der Waals surface area contributed by atoms with Crippen LogP contribution in [-0.2, 0) is 0 Å². The van der Waals surface area contributed by atoms with Gasteiger partial charge < -0.3 is 10.1 Å². The van der Waals surface area contributed by atoms with Crippen molar-refractivity contribution in [2.45, 2.75) is 0 Å². The minimum absolute atomic E-state index is 0.0329. The van der Waals surface area contributed by atoms with Gasteiger partial charge in [0.15, 0.2) is 11.6 Å². The maximum atomic E-state index is 13.2. The quantitative estimate of drug-likeness (QED) is 0.646. The number of amides is 1. The van der Waals surface area contributed by atoms with Crippen molar-refractivity contribution in [1.29, 1.82) is 0 Å². The van der Waals surface area contributed by atoms with E-state index in [-0.39, 0.29) is 20.8 Å². The second-order valence-electron chi connectivity index (χ2n) is 3.65. The van der Waals surface area contributed by atoms with Gasteiger partial charge in [0.2, 0.25) is 5.88 Å². The van der Waals surface area contributed by atoms with Gasteiger partial charge in [0.25, 0.3) is 5.91 Å². The summed E-state index contributed by atoms with van der Waals surface area (Å²) in [6.07, 6.45) is 2.50. The zero-order chi connectivity index (χ0) is 14.7. The van der Waals surface area contributed by atoms with Crippen LogP contribution in [0.15, 0.2) is 24.5 Å². The molecule has 0 aliphatic carbocycles. The van der Waals surface area contributed by atoms with Gasteiger partial charge in [-0.05, 0) is 28.7 Å². The first-order valence-electron chi connectivity index (χ1n) is 5.33. The molecule has 1 aromatic heterocycles. The van der Waals surface area contributed by atoms with E-state index in [0.29, 0.717) is 0 Å². The van der Waals surface area contributed by atoms with Crippen LogP contribution < -0.4 is 10.1 Å². The number of benzene rings is 1. The normalized spacial score (nSPS) is 10.2. The number of carbonyl (C=O) groups is 1. The van der Waals surface area contributed by atoms with Crippen molar-refractivity contribution >= 4 is 34.2 Å². The fraction of sp³-hybridized carbons (Fsp3) is 0.0833. The molecule has 1 amide bonds. The van der Waals surface area contributed by atoms with Crippen LogP contribution >= 0.6 is 22.6 Å². The number of nitrogens with one attached hydrogen (secondary N) is 1. The van der Waals surface area contributed by atoms with Crippen LogP contribution in [0.3, 0.4) is 0 Å². The van der Waals surface area contributed by atoms with Crippen molar-refractivity contribution in [2.24, 2.45) is 0 Å². The summed E-state index contributed by atoms with van der Waals surface area (Å²) in [6.45, 7) is 0. The summed E-state index contributed by atoms with van der Waals surface area (Å²) in [5.74, 6) is -2.30. The third kappa shape index (κ3) is 3.18. The molecule has 1 heterocycles. The third-order valence-corrected chi connectivity index (χ3v) is 3.10. The zero-order valence-electron chi connectivity index (χ0n) is 10.2. The number of methoxy groups -OCH3 is 1. The standard InChI is InChI=1S/C12H8F2IN3O2/c1-20-10-5-16-9(4-17-10)12(19)18-6-2-7(13)11(14)8(15)3-6/h2-5H,1H3,(H,18,19). The first-order valence-corrected chi connectivity index (χ1v) is 6.41. The summed E-state index contributed by atoms with van der Waals surface area (Å²) < 4.78 is 31.2. The van der Waals surface area contributed by atoms with E-state index in [0.717, 1.165) is 6.07 Å². The molecule has 20 heavy (non-hydrogen) atoms. The van der Waals surface area contributed by atoms with Crippen LogP contribution in [0.1, 0.15) is 10.5 Å². The Labute approximate surface area is 126 Å². The molecule has 0 spiro atoms. The molecule has 0 aliphatic heterocycles. The number of hydrogen-bond donors (Lipinski definition) is 1. The average molecular weight is 391 g/mol. The Balaban J connectivity index is 2.18. The fourth-order valence-electron chi connectivity index (χ4n) is 1.36. The van der Waals surface area contributed by atoms with Gasteiger partial charge in [-0.15, -0.1) is 0 Å². The lowest BCUT2D eigenvalue weighted by atomic mass is 10.3. The van der Waals surface area contributed by atoms with Crippen molar-refractivity contribution in [1.82, 2.24) is 9.97 Å². The molecule has 104 valence electrons. The predicted molar refractivity (Wildman–Crippen MR) is 75.6 cm³/mol. The Morgan fingerprint density at radius 3 is 2.60 bits per heavy atom. The lowest BCUT2D eigenvalue weighted by Crippen LogP contribution is -2.14. The highest BCUT2D eigenvalue weighted by Crippen LogP contribution is 2.20. The molecular formula is C12H8F2IN3O2. The first kappa shape index (κ1) is 14.6. The Bertz CT molecular complexity index is 627. The lowest BCUT2D eigenvalue weighted by Gasteiger charge is -2.06. The van der Waals surface area contributed by atoms with Crippen LogP contribution in [-0.4, -0.2) is 23.0 Å². The molecule has 0 aliphatic rings. The number of ether oxygens (including phenoxy) is 1. The number of hydrogen-bond acceptors (Lipinski definition) is 4. The lowest BCUT2D eigenvalue weighted by molar-refractivity contribution is 0.102. The minimum Gasteiger partial charge on any atom is -0.480 e. The molecule has 8 heteroatoms. The highest BCUT2D eigenvalue weighted by Gasteiger charge is 2.13.